The molecule has 1 atom stereocenters. The molecule has 0 rings (SSSR count). The number of rotatable bonds is 8. The van der Waals surface area contributed by atoms with Crippen LogP contribution in [0.1, 0.15) is 13.8 Å². The molecule has 0 fully saturated rings. The first-order valence-corrected chi connectivity index (χ1v) is 5.38. The Labute approximate surface area is 103 Å². The summed E-state index contributed by atoms with van der Waals surface area (Å²) in [5, 5.41) is 2.87. The Morgan fingerprint density at radius 1 is 1.11 bits per heavy atom. The number of nitrogens with one attached hydrogen (secondary N) is 1. The van der Waals surface area contributed by atoms with E-state index in [9.17, 15) is 22.0 Å². The van der Waals surface area contributed by atoms with Gasteiger partial charge in [-0.2, -0.15) is 22.0 Å². The highest BCUT2D eigenvalue weighted by Gasteiger charge is 2.57. The lowest BCUT2D eigenvalue weighted by Crippen LogP contribution is -2.44. The first-order valence-electron chi connectivity index (χ1n) is 5.38. The lowest BCUT2D eigenvalue weighted by molar-refractivity contribution is -0.300. The predicted octanol–water partition coefficient (Wildman–Crippen LogP) is 2.21. The average molecular weight is 279 g/mol. The van der Waals surface area contributed by atoms with Crippen molar-refractivity contribution in [3.05, 3.63) is 0 Å². The normalized spacial score (nSPS) is 15.2. The van der Waals surface area contributed by atoms with Crippen LogP contribution in [0.3, 0.4) is 0 Å². The fourth-order valence-corrected chi connectivity index (χ4v) is 1.02. The van der Waals surface area contributed by atoms with Crippen LogP contribution >= 0.6 is 0 Å². The Balaban J connectivity index is 4.25. The van der Waals surface area contributed by atoms with Crippen molar-refractivity contribution in [1.82, 2.24) is 5.32 Å². The summed E-state index contributed by atoms with van der Waals surface area (Å²) in [5.74, 6) is -4.85. The van der Waals surface area contributed by atoms with E-state index in [0.717, 1.165) is 0 Å². The molecule has 0 amide bonds. The Bertz CT molecular complexity index is 233. The fourth-order valence-electron chi connectivity index (χ4n) is 1.02. The fraction of sp³-hybridized carbons (Fsp3) is 1.00. The van der Waals surface area contributed by atoms with Gasteiger partial charge in [0.25, 0.3) is 0 Å². The molecule has 0 spiro atoms. The topological polar surface area (TPSA) is 30.5 Å². The first kappa shape index (κ1) is 17.5. The van der Waals surface area contributed by atoms with Gasteiger partial charge in [-0.3, -0.25) is 0 Å². The monoisotopic (exact) mass is 279 g/mol. The van der Waals surface area contributed by atoms with Gasteiger partial charge in [-0.25, -0.2) is 0 Å². The first-order chi connectivity index (χ1) is 8.10. The molecule has 3 nitrogen and oxygen atoms in total. The molecule has 110 valence electrons. The minimum Gasteiger partial charge on any atom is -0.382 e. The second kappa shape index (κ2) is 7.20. The molecule has 18 heavy (non-hydrogen) atoms. The predicted molar refractivity (Wildman–Crippen MR) is 55.8 cm³/mol. The van der Waals surface area contributed by atoms with Crippen LogP contribution in [-0.2, 0) is 9.47 Å². The van der Waals surface area contributed by atoms with Gasteiger partial charge in [-0.1, -0.05) is 13.8 Å². The van der Waals surface area contributed by atoms with Crippen molar-refractivity contribution in [2.24, 2.45) is 0 Å². The summed E-state index contributed by atoms with van der Waals surface area (Å²) in [6.45, 7) is 2.00. The zero-order valence-electron chi connectivity index (χ0n) is 10.5. The van der Waals surface area contributed by atoms with Crippen molar-refractivity contribution < 1.29 is 31.4 Å². The van der Waals surface area contributed by atoms with E-state index in [1.54, 1.807) is 0 Å². The molecule has 1 N–H and O–H groups in total. The molecule has 0 aromatic carbocycles. The number of ether oxygens (including phenoxy) is 2. The maximum absolute atomic E-state index is 12.6. The van der Waals surface area contributed by atoms with Gasteiger partial charge >= 0.3 is 12.1 Å². The molecule has 1 unspecified atom stereocenters. The van der Waals surface area contributed by atoms with Crippen LogP contribution in [0.15, 0.2) is 0 Å². The molecule has 0 heterocycles. The van der Waals surface area contributed by atoms with Crippen molar-refractivity contribution in [3.8, 4) is 0 Å². The van der Waals surface area contributed by atoms with Gasteiger partial charge in [-0.05, 0) is 0 Å². The Morgan fingerprint density at radius 2 is 1.67 bits per heavy atom. The number of hydrogen-bond donors (Lipinski definition) is 1. The molecule has 0 saturated heterocycles. The standard InChI is InChI=1S/C10H18F5NO2/c1-7(2)16-4-8(5-17-3)18-6-9(11,12)10(13,14)15/h7-8,16H,4-6H2,1-3H3. The van der Waals surface area contributed by atoms with Crippen LogP contribution in [0, 0.1) is 0 Å². The number of methoxy groups -OCH3 is 1. The number of halogens is 5. The summed E-state index contributed by atoms with van der Waals surface area (Å²) in [4.78, 5) is 0. The van der Waals surface area contributed by atoms with Gasteiger partial charge in [0, 0.05) is 19.7 Å². The second-order valence-electron chi connectivity index (χ2n) is 4.15. The minimum atomic E-state index is -5.60. The molecule has 0 saturated carbocycles. The summed E-state index contributed by atoms with van der Waals surface area (Å²) in [5.41, 5.74) is 0. The van der Waals surface area contributed by atoms with Crippen molar-refractivity contribution in [2.75, 3.05) is 26.9 Å². The summed E-state index contributed by atoms with van der Waals surface area (Å²) in [7, 11) is 1.31. The summed E-state index contributed by atoms with van der Waals surface area (Å²) < 4.78 is 70.2. The molecule has 0 aromatic rings. The zero-order valence-corrected chi connectivity index (χ0v) is 10.5. The van der Waals surface area contributed by atoms with Crippen LogP contribution in [0.4, 0.5) is 22.0 Å². The highest BCUT2D eigenvalue weighted by Crippen LogP contribution is 2.35. The largest absolute Gasteiger partial charge is 0.455 e. The Kier molecular flexibility index (Phi) is 7.01. The third-order valence-corrected chi connectivity index (χ3v) is 2.02. The van der Waals surface area contributed by atoms with Crippen LogP contribution in [0.5, 0.6) is 0 Å². The van der Waals surface area contributed by atoms with E-state index in [2.05, 4.69) is 10.1 Å². The van der Waals surface area contributed by atoms with Gasteiger partial charge in [0.05, 0.1) is 12.7 Å². The summed E-state index contributed by atoms with van der Waals surface area (Å²) in [6.07, 6.45) is -6.46. The SMILES string of the molecule is COCC(CNC(C)C)OCC(F)(F)C(F)(F)F. The van der Waals surface area contributed by atoms with E-state index in [-0.39, 0.29) is 19.2 Å². The Hall–Kier alpha value is -0.470. The molecular formula is C10H18F5NO2. The van der Waals surface area contributed by atoms with Crippen LogP contribution in [-0.4, -0.2) is 51.1 Å². The highest BCUT2D eigenvalue weighted by atomic mass is 19.4. The summed E-state index contributed by atoms with van der Waals surface area (Å²) >= 11 is 0. The molecule has 0 bridgehead atoms. The van der Waals surface area contributed by atoms with E-state index in [1.807, 2.05) is 13.8 Å². The van der Waals surface area contributed by atoms with Gasteiger partial charge in [0.2, 0.25) is 0 Å². The van der Waals surface area contributed by atoms with Gasteiger partial charge in [0.15, 0.2) is 0 Å². The van der Waals surface area contributed by atoms with E-state index in [4.69, 9.17) is 4.74 Å². The van der Waals surface area contributed by atoms with Gasteiger partial charge in [-0.15, -0.1) is 0 Å². The molecule has 0 aromatic heterocycles. The van der Waals surface area contributed by atoms with Crippen LogP contribution in [0.25, 0.3) is 0 Å². The van der Waals surface area contributed by atoms with E-state index in [1.165, 1.54) is 7.11 Å². The average Bonchev–Trinajstić information content (AvgIpc) is 2.20. The van der Waals surface area contributed by atoms with E-state index in [0.29, 0.717) is 0 Å². The maximum Gasteiger partial charge on any atom is 0.455 e. The van der Waals surface area contributed by atoms with Crippen molar-refractivity contribution in [3.63, 3.8) is 0 Å². The highest BCUT2D eigenvalue weighted by molar-refractivity contribution is 4.76. The molecular weight excluding hydrogens is 261 g/mol. The Morgan fingerprint density at radius 3 is 2.06 bits per heavy atom. The zero-order chi connectivity index (χ0) is 14.4. The van der Waals surface area contributed by atoms with Crippen LogP contribution in [0.2, 0.25) is 0 Å². The number of hydrogen-bond acceptors (Lipinski definition) is 3. The van der Waals surface area contributed by atoms with Crippen molar-refractivity contribution >= 4 is 0 Å². The molecule has 0 aliphatic rings. The van der Waals surface area contributed by atoms with Crippen molar-refractivity contribution in [1.29, 1.82) is 0 Å². The lowest BCUT2D eigenvalue weighted by atomic mass is 10.3. The molecule has 0 aliphatic heterocycles. The van der Waals surface area contributed by atoms with Crippen LogP contribution < -0.4 is 5.32 Å². The van der Waals surface area contributed by atoms with Crippen molar-refractivity contribution in [2.45, 2.75) is 38.1 Å². The second-order valence-corrected chi connectivity index (χ2v) is 4.15. The number of alkyl halides is 5. The maximum atomic E-state index is 12.6. The third-order valence-electron chi connectivity index (χ3n) is 2.02. The quantitative estimate of drug-likeness (QED) is 0.691. The molecule has 0 aliphatic carbocycles. The van der Waals surface area contributed by atoms with Gasteiger partial charge in [0.1, 0.15) is 6.61 Å². The van der Waals surface area contributed by atoms with E-state index >= 15 is 0 Å². The summed E-state index contributed by atoms with van der Waals surface area (Å²) in [6, 6.07) is 0.0658. The third kappa shape index (κ3) is 6.46. The minimum absolute atomic E-state index is 0.0618. The lowest BCUT2D eigenvalue weighted by Gasteiger charge is -2.24. The van der Waals surface area contributed by atoms with E-state index < -0.39 is 24.8 Å². The smallest absolute Gasteiger partial charge is 0.382 e. The van der Waals surface area contributed by atoms with Gasteiger partial charge < -0.3 is 14.8 Å². The molecule has 8 heteroatoms. The molecule has 0 radical (unpaired) electrons.